The fourth-order valence-electron chi connectivity index (χ4n) is 4.61. The molecule has 2 aliphatic rings. The normalized spacial score (nSPS) is 17.2. The van der Waals surface area contributed by atoms with Gasteiger partial charge in [0, 0.05) is 48.8 Å². The van der Waals surface area contributed by atoms with Crippen LogP contribution in [0.5, 0.6) is 0 Å². The number of halogens is 1. The molecule has 1 aromatic carbocycles. The summed E-state index contributed by atoms with van der Waals surface area (Å²) in [6.45, 7) is 4.69. The summed E-state index contributed by atoms with van der Waals surface area (Å²) in [5.41, 5.74) is 4.08. The van der Waals surface area contributed by atoms with Gasteiger partial charge in [-0.2, -0.15) is 0 Å². The molecule has 0 amide bonds. The first-order valence-electron chi connectivity index (χ1n) is 10.5. The second-order valence-corrected chi connectivity index (χ2v) is 8.10. The number of hydrogen-bond donors (Lipinski definition) is 2. The van der Waals surface area contributed by atoms with Crippen LogP contribution in [-0.4, -0.2) is 52.6 Å². The first-order valence-corrected chi connectivity index (χ1v) is 10.5. The minimum Gasteiger partial charge on any atom is -0.361 e. The van der Waals surface area contributed by atoms with Crippen molar-refractivity contribution < 1.29 is 4.39 Å². The minimum absolute atomic E-state index is 0.0418. The number of fused-ring (bicyclic) bond motifs is 2. The summed E-state index contributed by atoms with van der Waals surface area (Å²) in [5.74, 6) is 0.545. The molecule has 0 saturated carbocycles. The van der Waals surface area contributed by atoms with Crippen LogP contribution >= 0.6 is 0 Å². The molecular weight excluding hydrogens is 369 g/mol. The molecule has 6 nitrogen and oxygen atoms in total. The molecular formula is C22H26FN5O. The summed E-state index contributed by atoms with van der Waals surface area (Å²) in [5, 5.41) is 0.987. The van der Waals surface area contributed by atoms with Crippen LogP contribution in [-0.2, 0) is 19.3 Å². The second kappa shape index (κ2) is 7.63. The largest absolute Gasteiger partial charge is 0.361 e. The first kappa shape index (κ1) is 18.4. The van der Waals surface area contributed by atoms with Gasteiger partial charge in [-0.15, -0.1) is 0 Å². The molecule has 1 aliphatic carbocycles. The van der Waals surface area contributed by atoms with Crippen molar-refractivity contribution in [1.29, 1.82) is 0 Å². The molecule has 0 spiro atoms. The van der Waals surface area contributed by atoms with Crippen molar-refractivity contribution in [2.75, 3.05) is 37.6 Å². The predicted molar refractivity (Wildman–Crippen MR) is 112 cm³/mol. The van der Waals surface area contributed by atoms with Gasteiger partial charge in [0.15, 0.2) is 0 Å². The van der Waals surface area contributed by atoms with Crippen LogP contribution in [0.2, 0.25) is 0 Å². The number of rotatable bonds is 5. The highest BCUT2D eigenvalue weighted by Gasteiger charge is 2.22. The number of benzene rings is 1. The summed E-state index contributed by atoms with van der Waals surface area (Å²) < 4.78 is 13.5. The van der Waals surface area contributed by atoms with Gasteiger partial charge in [-0.1, -0.05) is 0 Å². The van der Waals surface area contributed by atoms with Crippen molar-refractivity contribution in [3.05, 3.63) is 57.4 Å². The van der Waals surface area contributed by atoms with E-state index < -0.39 is 0 Å². The van der Waals surface area contributed by atoms with Crippen LogP contribution in [0.1, 0.15) is 29.7 Å². The highest BCUT2D eigenvalue weighted by molar-refractivity contribution is 5.83. The van der Waals surface area contributed by atoms with E-state index in [0.29, 0.717) is 0 Å². The van der Waals surface area contributed by atoms with Crippen LogP contribution in [0, 0.1) is 5.82 Å². The molecule has 3 aromatic rings. The lowest BCUT2D eigenvalue weighted by molar-refractivity contribution is 0.254. The van der Waals surface area contributed by atoms with E-state index in [2.05, 4.69) is 19.8 Å². The highest BCUT2D eigenvalue weighted by Crippen LogP contribution is 2.21. The van der Waals surface area contributed by atoms with Gasteiger partial charge in [-0.25, -0.2) is 9.37 Å². The van der Waals surface area contributed by atoms with E-state index in [-0.39, 0.29) is 11.4 Å². The number of piperazine rings is 1. The van der Waals surface area contributed by atoms with Crippen LogP contribution in [0.25, 0.3) is 10.9 Å². The Balaban J connectivity index is 1.15. The standard InChI is InChI=1S/C22H26FN5O/c23-16-6-7-19-18(13-16)15(14-24-19)3-2-8-27-9-11-28(12-10-27)22-25-20-5-1-4-17(20)21(29)26-22/h6-7,13-14,24H,1-5,8-12H2,(H,25,26,29). The number of H-pyrrole nitrogens is 2. The van der Waals surface area contributed by atoms with Crippen LogP contribution in [0.4, 0.5) is 10.3 Å². The molecule has 29 heavy (non-hydrogen) atoms. The molecule has 1 aliphatic heterocycles. The van der Waals surface area contributed by atoms with Crippen molar-refractivity contribution in [1.82, 2.24) is 19.9 Å². The highest BCUT2D eigenvalue weighted by atomic mass is 19.1. The van der Waals surface area contributed by atoms with Gasteiger partial charge in [0.25, 0.3) is 5.56 Å². The van der Waals surface area contributed by atoms with Crippen LogP contribution < -0.4 is 10.5 Å². The molecule has 152 valence electrons. The molecule has 0 radical (unpaired) electrons. The zero-order chi connectivity index (χ0) is 19.8. The summed E-state index contributed by atoms with van der Waals surface area (Å²) in [6, 6.07) is 4.90. The molecule has 1 saturated heterocycles. The zero-order valence-electron chi connectivity index (χ0n) is 16.5. The lowest BCUT2D eigenvalue weighted by Gasteiger charge is -2.35. The van der Waals surface area contributed by atoms with Gasteiger partial charge in [0.2, 0.25) is 5.95 Å². The van der Waals surface area contributed by atoms with E-state index in [1.807, 2.05) is 6.20 Å². The molecule has 0 bridgehead atoms. The van der Waals surface area contributed by atoms with E-state index in [9.17, 15) is 9.18 Å². The Bertz CT molecular complexity index is 1080. The van der Waals surface area contributed by atoms with Crippen molar-refractivity contribution in [3.63, 3.8) is 0 Å². The predicted octanol–water partition coefficient (Wildman–Crippen LogP) is 2.63. The van der Waals surface area contributed by atoms with Gasteiger partial charge < -0.3 is 9.88 Å². The van der Waals surface area contributed by atoms with Crippen molar-refractivity contribution in [3.8, 4) is 0 Å². The molecule has 3 heterocycles. The molecule has 2 aromatic heterocycles. The summed E-state index contributed by atoms with van der Waals surface area (Å²) in [7, 11) is 0. The third kappa shape index (κ3) is 3.67. The second-order valence-electron chi connectivity index (χ2n) is 8.10. The number of nitrogens with one attached hydrogen (secondary N) is 2. The van der Waals surface area contributed by atoms with Gasteiger partial charge in [0.1, 0.15) is 5.82 Å². The number of aromatic nitrogens is 3. The maximum atomic E-state index is 13.5. The Labute approximate surface area is 168 Å². The third-order valence-electron chi connectivity index (χ3n) is 6.25. The third-order valence-corrected chi connectivity index (χ3v) is 6.25. The molecule has 1 fully saturated rings. The van der Waals surface area contributed by atoms with E-state index in [0.717, 1.165) is 92.9 Å². The molecule has 7 heteroatoms. The van der Waals surface area contributed by atoms with Gasteiger partial charge in [-0.05, 0) is 62.4 Å². The topological polar surface area (TPSA) is 68.0 Å². The van der Waals surface area contributed by atoms with Gasteiger partial charge >= 0.3 is 0 Å². The van der Waals surface area contributed by atoms with Crippen molar-refractivity contribution in [2.45, 2.75) is 32.1 Å². The summed E-state index contributed by atoms with van der Waals surface area (Å²) in [4.78, 5) is 27.8. The Morgan fingerprint density at radius 2 is 2.00 bits per heavy atom. The first-order chi connectivity index (χ1) is 14.2. The molecule has 5 rings (SSSR count). The summed E-state index contributed by atoms with van der Waals surface area (Å²) >= 11 is 0. The lowest BCUT2D eigenvalue weighted by Crippen LogP contribution is -2.47. The zero-order valence-corrected chi connectivity index (χ0v) is 16.5. The fraction of sp³-hybridized carbons (Fsp3) is 0.455. The van der Waals surface area contributed by atoms with Crippen molar-refractivity contribution in [2.24, 2.45) is 0 Å². The molecule has 2 N–H and O–H groups in total. The number of nitrogens with zero attached hydrogens (tertiary/aromatic N) is 3. The number of aryl methyl sites for hydroxylation is 2. The Morgan fingerprint density at radius 1 is 1.14 bits per heavy atom. The lowest BCUT2D eigenvalue weighted by atomic mass is 10.1. The minimum atomic E-state index is -0.187. The van der Waals surface area contributed by atoms with E-state index in [1.165, 1.54) is 11.6 Å². The van der Waals surface area contributed by atoms with E-state index in [1.54, 1.807) is 12.1 Å². The Morgan fingerprint density at radius 3 is 2.86 bits per heavy atom. The quantitative estimate of drug-likeness (QED) is 0.697. The van der Waals surface area contributed by atoms with Crippen LogP contribution in [0.3, 0.4) is 0 Å². The van der Waals surface area contributed by atoms with Gasteiger partial charge in [0.05, 0.1) is 5.69 Å². The van der Waals surface area contributed by atoms with Gasteiger partial charge in [-0.3, -0.25) is 14.7 Å². The molecule has 0 unspecified atom stereocenters. The van der Waals surface area contributed by atoms with Crippen molar-refractivity contribution >= 4 is 16.9 Å². The smallest absolute Gasteiger partial charge is 0.255 e. The number of hydrogen-bond acceptors (Lipinski definition) is 4. The maximum Gasteiger partial charge on any atom is 0.255 e. The monoisotopic (exact) mass is 395 g/mol. The van der Waals surface area contributed by atoms with E-state index in [4.69, 9.17) is 4.98 Å². The van der Waals surface area contributed by atoms with Crippen LogP contribution in [0.15, 0.2) is 29.2 Å². The average molecular weight is 395 g/mol. The Kier molecular flexibility index (Phi) is 4.83. The Hall–Kier alpha value is -2.67. The van der Waals surface area contributed by atoms with E-state index >= 15 is 0 Å². The SMILES string of the molecule is O=c1[nH]c(N2CCN(CCCc3c[nH]c4ccc(F)cc34)CC2)nc2c1CCC2. The number of anilines is 1. The maximum absolute atomic E-state index is 13.5. The fourth-order valence-corrected chi connectivity index (χ4v) is 4.61. The molecule has 0 atom stereocenters. The number of aromatic amines is 2. The summed E-state index contributed by atoms with van der Waals surface area (Å²) in [6.07, 6.45) is 6.78. The average Bonchev–Trinajstić information content (AvgIpc) is 3.36.